The molecule has 0 bridgehead atoms. The molecule has 0 aliphatic rings. The predicted molar refractivity (Wildman–Crippen MR) is 265 cm³/mol. The Morgan fingerprint density at radius 1 is 0.453 bits per heavy atom. The van der Waals surface area contributed by atoms with Crippen molar-refractivity contribution >= 4 is 17.9 Å². The van der Waals surface area contributed by atoms with E-state index in [4.69, 9.17) is 18.9 Å². The standard InChI is InChI=1S/C55H105NO8/c1-6-8-10-12-14-16-18-20-22-24-26-28-29-31-33-35-37-39-41-43-45-52(57)62-49-51(50-63-55(54(59)60)61-48-47-56(3,4)5)64-53(58)46-44-42-40-38-36-34-32-30-27-25-23-21-19-17-15-13-11-9-7-2/h21,23,51,55H,6-20,22,24-50H2,1-5H3/b23-21-. The molecule has 0 N–H and O–H groups in total. The van der Waals surface area contributed by atoms with Gasteiger partial charge in [-0.3, -0.25) is 9.59 Å². The fourth-order valence-electron chi connectivity index (χ4n) is 8.00. The lowest BCUT2D eigenvalue weighted by atomic mass is 10.0. The minimum Gasteiger partial charge on any atom is -0.545 e. The zero-order valence-corrected chi connectivity index (χ0v) is 42.9. The van der Waals surface area contributed by atoms with E-state index in [2.05, 4.69) is 26.0 Å². The van der Waals surface area contributed by atoms with E-state index in [-0.39, 0.29) is 32.2 Å². The molecule has 0 spiro atoms. The van der Waals surface area contributed by atoms with Crippen molar-refractivity contribution in [1.29, 1.82) is 0 Å². The normalized spacial score (nSPS) is 12.8. The van der Waals surface area contributed by atoms with Gasteiger partial charge in [0.05, 0.1) is 40.3 Å². The van der Waals surface area contributed by atoms with Gasteiger partial charge in [-0.05, 0) is 38.5 Å². The third kappa shape index (κ3) is 48.0. The Bertz CT molecular complexity index is 1060. The lowest BCUT2D eigenvalue weighted by Crippen LogP contribution is -2.44. The number of allylic oxidation sites excluding steroid dienone is 2. The van der Waals surface area contributed by atoms with Crippen LogP contribution in [-0.4, -0.2) is 82.3 Å². The van der Waals surface area contributed by atoms with E-state index >= 15 is 0 Å². The van der Waals surface area contributed by atoms with Gasteiger partial charge in [0.15, 0.2) is 12.4 Å². The van der Waals surface area contributed by atoms with Crippen LogP contribution in [0.25, 0.3) is 0 Å². The van der Waals surface area contributed by atoms with Crippen molar-refractivity contribution in [3.63, 3.8) is 0 Å². The van der Waals surface area contributed by atoms with Gasteiger partial charge in [0.2, 0.25) is 0 Å². The van der Waals surface area contributed by atoms with Gasteiger partial charge in [-0.2, -0.15) is 0 Å². The molecule has 0 aliphatic heterocycles. The SMILES string of the molecule is CCCCCCCC/C=C\CCCCCCCCCCCC(=O)OC(COC(=O)CCCCCCCCCCCCCCCCCCCCCC)COC(OCC[N+](C)(C)C)C(=O)[O-]. The van der Waals surface area contributed by atoms with Crippen LogP contribution in [0.5, 0.6) is 0 Å². The number of carbonyl (C=O) groups is 3. The quantitative estimate of drug-likeness (QED) is 0.0195. The molecule has 2 atom stereocenters. The third-order valence-electron chi connectivity index (χ3n) is 12.3. The van der Waals surface area contributed by atoms with Crippen molar-refractivity contribution in [1.82, 2.24) is 0 Å². The molecule has 0 aromatic carbocycles. The van der Waals surface area contributed by atoms with Crippen molar-refractivity contribution < 1.29 is 42.9 Å². The Balaban J connectivity index is 4.26. The summed E-state index contributed by atoms with van der Waals surface area (Å²) in [5, 5.41) is 11.7. The minimum absolute atomic E-state index is 0.151. The molecule has 0 radical (unpaired) electrons. The van der Waals surface area contributed by atoms with Crippen LogP contribution in [0.1, 0.15) is 264 Å². The predicted octanol–water partition coefficient (Wildman–Crippen LogP) is 14.1. The molecule has 0 aromatic rings. The number of carboxylic acid groups (broad SMARTS) is 1. The number of hydrogen-bond donors (Lipinski definition) is 0. The van der Waals surface area contributed by atoms with Gasteiger partial charge in [0, 0.05) is 12.8 Å². The van der Waals surface area contributed by atoms with Crippen molar-refractivity contribution in [2.75, 3.05) is 47.5 Å². The second-order valence-electron chi connectivity index (χ2n) is 19.9. The van der Waals surface area contributed by atoms with Crippen molar-refractivity contribution in [3.05, 3.63) is 12.2 Å². The number of carboxylic acids is 1. The largest absolute Gasteiger partial charge is 0.545 e. The Hall–Kier alpha value is -1.97. The molecule has 378 valence electrons. The first-order chi connectivity index (χ1) is 31.1. The van der Waals surface area contributed by atoms with Gasteiger partial charge in [0.25, 0.3) is 0 Å². The minimum atomic E-state index is -1.62. The third-order valence-corrected chi connectivity index (χ3v) is 12.3. The molecule has 0 aliphatic carbocycles. The van der Waals surface area contributed by atoms with Gasteiger partial charge in [0.1, 0.15) is 13.2 Å². The van der Waals surface area contributed by atoms with Gasteiger partial charge < -0.3 is 33.3 Å². The Morgan fingerprint density at radius 2 is 0.797 bits per heavy atom. The number of nitrogens with zero attached hydrogens (tertiary/aromatic N) is 1. The van der Waals surface area contributed by atoms with Gasteiger partial charge in [-0.1, -0.05) is 225 Å². The van der Waals surface area contributed by atoms with Crippen LogP contribution in [0.4, 0.5) is 0 Å². The lowest BCUT2D eigenvalue weighted by Gasteiger charge is -2.26. The second-order valence-corrected chi connectivity index (χ2v) is 19.9. The molecular formula is C55H105NO8. The zero-order valence-electron chi connectivity index (χ0n) is 42.9. The average molecular weight is 908 g/mol. The highest BCUT2D eigenvalue weighted by atomic mass is 16.7. The van der Waals surface area contributed by atoms with E-state index in [1.807, 2.05) is 21.1 Å². The maximum absolute atomic E-state index is 12.8. The summed E-state index contributed by atoms with van der Waals surface area (Å²) in [4.78, 5) is 37.2. The van der Waals surface area contributed by atoms with Crippen LogP contribution in [-0.2, 0) is 33.3 Å². The molecule has 0 heterocycles. The summed E-state index contributed by atoms with van der Waals surface area (Å²) in [6.07, 6.45) is 49.6. The summed E-state index contributed by atoms with van der Waals surface area (Å²) in [7, 11) is 5.93. The van der Waals surface area contributed by atoms with Crippen LogP contribution in [0.3, 0.4) is 0 Å². The Kier molecular flexibility index (Phi) is 46.1. The molecule has 0 saturated heterocycles. The Morgan fingerprint density at radius 3 is 1.16 bits per heavy atom. The van der Waals surface area contributed by atoms with Crippen molar-refractivity contribution in [2.24, 2.45) is 0 Å². The number of quaternary nitrogens is 1. The molecule has 0 fully saturated rings. The maximum Gasteiger partial charge on any atom is 0.306 e. The Labute approximate surface area is 395 Å². The molecule has 9 nitrogen and oxygen atoms in total. The van der Waals surface area contributed by atoms with E-state index in [9.17, 15) is 19.5 Å². The highest BCUT2D eigenvalue weighted by molar-refractivity contribution is 5.70. The maximum atomic E-state index is 12.8. The van der Waals surface area contributed by atoms with Gasteiger partial charge in [-0.15, -0.1) is 0 Å². The summed E-state index contributed by atoms with van der Waals surface area (Å²) >= 11 is 0. The molecule has 2 unspecified atom stereocenters. The average Bonchev–Trinajstić information content (AvgIpc) is 3.26. The van der Waals surface area contributed by atoms with Crippen LogP contribution in [0.15, 0.2) is 12.2 Å². The first kappa shape index (κ1) is 62.0. The first-order valence-electron chi connectivity index (χ1n) is 27.3. The first-order valence-corrected chi connectivity index (χ1v) is 27.3. The van der Waals surface area contributed by atoms with Crippen LogP contribution >= 0.6 is 0 Å². The fourth-order valence-corrected chi connectivity index (χ4v) is 8.00. The van der Waals surface area contributed by atoms with Crippen molar-refractivity contribution in [3.8, 4) is 0 Å². The van der Waals surface area contributed by atoms with Crippen LogP contribution < -0.4 is 5.11 Å². The summed E-state index contributed by atoms with van der Waals surface area (Å²) in [5.41, 5.74) is 0. The highest BCUT2D eigenvalue weighted by Gasteiger charge is 2.22. The second kappa shape index (κ2) is 47.5. The lowest BCUT2D eigenvalue weighted by molar-refractivity contribution is -0.870. The van der Waals surface area contributed by atoms with E-state index in [0.29, 0.717) is 23.9 Å². The molecule has 0 rings (SSSR count). The smallest absolute Gasteiger partial charge is 0.306 e. The molecule has 0 saturated carbocycles. The number of aliphatic carboxylic acids is 1. The van der Waals surface area contributed by atoms with E-state index in [1.54, 1.807) is 0 Å². The van der Waals surface area contributed by atoms with Gasteiger partial charge >= 0.3 is 11.9 Å². The fraction of sp³-hybridized carbons (Fsp3) is 0.909. The molecule has 0 aromatic heterocycles. The number of carbonyl (C=O) groups excluding carboxylic acids is 3. The van der Waals surface area contributed by atoms with Crippen LogP contribution in [0, 0.1) is 0 Å². The topological polar surface area (TPSA) is 111 Å². The monoisotopic (exact) mass is 908 g/mol. The summed E-state index contributed by atoms with van der Waals surface area (Å²) in [5.74, 6) is -2.26. The number of rotatable bonds is 51. The number of ether oxygens (including phenoxy) is 4. The summed E-state index contributed by atoms with van der Waals surface area (Å²) in [6.45, 7) is 4.79. The number of likely N-dealkylation sites (N-methyl/N-ethyl adjacent to an activating group) is 1. The van der Waals surface area contributed by atoms with Gasteiger partial charge in [-0.25, -0.2) is 0 Å². The zero-order chi connectivity index (χ0) is 47.0. The van der Waals surface area contributed by atoms with E-state index in [1.165, 1.54) is 193 Å². The van der Waals surface area contributed by atoms with E-state index in [0.717, 1.165) is 38.5 Å². The van der Waals surface area contributed by atoms with Crippen LogP contribution in [0.2, 0.25) is 0 Å². The number of hydrogen-bond acceptors (Lipinski definition) is 8. The molecule has 0 amide bonds. The highest BCUT2D eigenvalue weighted by Crippen LogP contribution is 2.17. The van der Waals surface area contributed by atoms with E-state index < -0.39 is 24.3 Å². The summed E-state index contributed by atoms with van der Waals surface area (Å²) < 4.78 is 22.7. The number of esters is 2. The molecule has 64 heavy (non-hydrogen) atoms. The molecular weight excluding hydrogens is 803 g/mol. The molecule has 9 heteroatoms. The summed E-state index contributed by atoms with van der Waals surface area (Å²) in [6, 6.07) is 0. The van der Waals surface area contributed by atoms with Crippen molar-refractivity contribution in [2.45, 2.75) is 277 Å². The number of unbranched alkanes of at least 4 members (excludes halogenated alkanes) is 34.